The summed E-state index contributed by atoms with van der Waals surface area (Å²) in [4.78, 5) is 38.8. The Labute approximate surface area is 151 Å². The largest absolute Gasteiger partial charge is 0.326 e. The zero-order chi connectivity index (χ0) is 18.4. The van der Waals surface area contributed by atoms with Gasteiger partial charge in [-0.1, -0.05) is 18.2 Å². The van der Waals surface area contributed by atoms with E-state index in [4.69, 9.17) is 0 Å². The van der Waals surface area contributed by atoms with Gasteiger partial charge in [0.25, 0.3) is 0 Å². The van der Waals surface area contributed by atoms with Crippen molar-refractivity contribution in [1.29, 1.82) is 0 Å². The third kappa shape index (κ3) is 2.73. The molecule has 1 saturated carbocycles. The van der Waals surface area contributed by atoms with Gasteiger partial charge in [0.1, 0.15) is 5.82 Å². The molecule has 4 aliphatic rings. The molecule has 2 bridgehead atoms. The van der Waals surface area contributed by atoms with Crippen molar-refractivity contribution < 1.29 is 18.8 Å². The first kappa shape index (κ1) is 16.9. The summed E-state index contributed by atoms with van der Waals surface area (Å²) >= 11 is 0. The summed E-state index contributed by atoms with van der Waals surface area (Å²) in [5, 5.41) is 2.62. The first-order valence-electron chi connectivity index (χ1n) is 9.05. The average Bonchev–Trinajstić information content (AvgIpc) is 2.90. The fourth-order valence-electron chi connectivity index (χ4n) is 4.46. The number of aryl methyl sites for hydroxylation is 1. The van der Waals surface area contributed by atoms with E-state index < -0.39 is 0 Å². The van der Waals surface area contributed by atoms with E-state index in [1.807, 2.05) is 0 Å². The molecule has 3 aliphatic carbocycles. The van der Waals surface area contributed by atoms with E-state index in [2.05, 4.69) is 17.5 Å². The second-order valence-corrected chi connectivity index (χ2v) is 7.43. The highest BCUT2D eigenvalue weighted by Gasteiger charge is 2.56. The van der Waals surface area contributed by atoms with Crippen LogP contribution in [0.25, 0.3) is 0 Å². The maximum absolute atomic E-state index is 13.6. The van der Waals surface area contributed by atoms with Gasteiger partial charge in [-0.15, -0.1) is 0 Å². The van der Waals surface area contributed by atoms with E-state index in [9.17, 15) is 18.8 Å². The van der Waals surface area contributed by atoms with Crippen molar-refractivity contribution in [3.8, 4) is 0 Å². The van der Waals surface area contributed by atoms with Crippen LogP contribution in [-0.4, -0.2) is 29.2 Å². The lowest BCUT2D eigenvalue weighted by molar-refractivity contribution is -0.140. The molecule has 5 rings (SSSR count). The Morgan fingerprint density at radius 1 is 1.15 bits per heavy atom. The number of allylic oxidation sites excluding steroid dienone is 2. The number of carbonyl (C=O) groups excluding carboxylic acids is 3. The Bertz CT molecular complexity index is 787. The number of amides is 3. The summed E-state index contributed by atoms with van der Waals surface area (Å²) in [7, 11) is 0. The number of carbonyl (C=O) groups is 3. The van der Waals surface area contributed by atoms with Gasteiger partial charge in [-0.25, -0.2) is 4.39 Å². The minimum absolute atomic E-state index is 0.00910. The number of likely N-dealkylation sites (tertiary alicyclic amines) is 1. The van der Waals surface area contributed by atoms with Gasteiger partial charge in [-0.2, -0.15) is 0 Å². The Kier molecular flexibility index (Phi) is 4.13. The van der Waals surface area contributed by atoms with Crippen LogP contribution in [0.1, 0.15) is 24.8 Å². The number of imide groups is 1. The summed E-state index contributed by atoms with van der Waals surface area (Å²) < 4.78 is 13.6. The van der Waals surface area contributed by atoms with E-state index in [0.29, 0.717) is 11.3 Å². The van der Waals surface area contributed by atoms with Crippen LogP contribution in [0.4, 0.5) is 10.1 Å². The first-order valence-corrected chi connectivity index (χ1v) is 9.05. The lowest BCUT2D eigenvalue weighted by Gasteiger charge is -2.38. The number of nitrogens with one attached hydrogen (secondary N) is 1. The van der Waals surface area contributed by atoms with Crippen molar-refractivity contribution in [2.75, 3.05) is 11.9 Å². The molecule has 1 aliphatic heterocycles. The van der Waals surface area contributed by atoms with E-state index in [1.165, 1.54) is 11.0 Å². The number of halogens is 1. The minimum Gasteiger partial charge on any atom is -0.326 e. The molecule has 4 atom stereocenters. The predicted octanol–water partition coefficient (Wildman–Crippen LogP) is 2.66. The number of rotatable bonds is 4. The van der Waals surface area contributed by atoms with Gasteiger partial charge in [-0.05, 0) is 49.3 Å². The van der Waals surface area contributed by atoms with E-state index in [0.717, 1.165) is 12.8 Å². The van der Waals surface area contributed by atoms with Gasteiger partial charge >= 0.3 is 0 Å². The maximum atomic E-state index is 13.6. The monoisotopic (exact) mass is 356 g/mol. The van der Waals surface area contributed by atoms with Crippen molar-refractivity contribution in [3.05, 3.63) is 41.7 Å². The van der Waals surface area contributed by atoms with Crippen LogP contribution in [-0.2, 0) is 14.4 Å². The molecule has 2 fully saturated rings. The van der Waals surface area contributed by atoms with Crippen molar-refractivity contribution in [2.45, 2.75) is 26.2 Å². The molecule has 5 nitrogen and oxygen atoms in total. The van der Waals surface area contributed by atoms with Gasteiger partial charge in [-0.3, -0.25) is 19.3 Å². The molecule has 136 valence electrons. The van der Waals surface area contributed by atoms with Gasteiger partial charge in [0.05, 0.1) is 11.8 Å². The summed E-state index contributed by atoms with van der Waals surface area (Å²) in [6.45, 7) is 1.72. The van der Waals surface area contributed by atoms with E-state index in [-0.39, 0.29) is 60.2 Å². The van der Waals surface area contributed by atoms with Crippen LogP contribution in [0.15, 0.2) is 30.4 Å². The molecule has 6 heteroatoms. The molecule has 1 N–H and O–H groups in total. The average molecular weight is 356 g/mol. The third-order valence-corrected chi connectivity index (χ3v) is 5.87. The second-order valence-electron chi connectivity index (χ2n) is 7.43. The molecule has 1 heterocycles. The maximum Gasteiger partial charge on any atom is 0.233 e. The number of hydrogen-bond acceptors (Lipinski definition) is 3. The quantitative estimate of drug-likeness (QED) is 0.666. The summed E-state index contributed by atoms with van der Waals surface area (Å²) in [6, 6.07) is 4.48. The van der Waals surface area contributed by atoms with Crippen molar-refractivity contribution in [1.82, 2.24) is 4.90 Å². The van der Waals surface area contributed by atoms with Crippen molar-refractivity contribution >= 4 is 23.4 Å². The number of fused-ring (bicyclic) bond motifs is 1. The second kappa shape index (κ2) is 6.34. The number of benzene rings is 1. The number of hydrogen-bond donors (Lipinski definition) is 1. The highest BCUT2D eigenvalue weighted by atomic mass is 19.1. The van der Waals surface area contributed by atoms with E-state index >= 15 is 0 Å². The highest BCUT2D eigenvalue weighted by Crippen LogP contribution is 2.49. The van der Waals surface area contributed by atoms with Crippen LogP contribution < -0.4 is 5.32 Å². The minimum atomic E-state index is -0.389. The van der Waals surface area contributed by atoms with Crippen LogP contribution in [0.3, 0.4) is 0 Å². The molecular weight excluding hydrogens is 335 g/mol. The molecule has 0 radical (unpaired) electrons. The summed E-state index contributed by atoms with van der Waals surface area (Å²) in [6.07, 6.45) is 6.06. The Balaban J connectivity index is 1.39. The molecule has 26 heavy (non-hydrogen) atoms. The third-order valence-electron chi connectivity index (χ3n) is 5.87. The Morgan fingerprint density at radius 3 is 2.31 bits per heavy atom. The zero-order valence-electron chi connectivity index (χ0n) is 14.6. The molecule has 1 aromatic carbocycles. The van der Waals surface area contributed by atoms with Crippen LogP contribution in [0, 0.1) is 36.4 Å². The molecule has 4 unspecified atom stereocenters. The molecular formula is C20H21FN2O3. The smallest absolute Gasteiger partial charge is 0.233 e. The van der Waals surface area contributed by atoms with Gasteiger partial charge in [0, 0.05) is 18.7 Å². The summed E-state index contributed by atoms with van der Waals surface area (Å²) in [5.41, 5.74) is 0.871. The summed E-state index contributed by atoms with van der Waals surface area (Å²) in [5.74, 6) is -1.22. The first-order chi connectivity index (χ1) is 12.5. The fourth-order valence-corrected chi connectivity index (χ4v) is 4.46. The molecule has 1 aromatic rings. The molecule has 0 aromatic heterocycles. The topological polar surface area (TPSA) is 66.5 Å². The van der Waals surface area contributed by atoms with Gasteiger partial charge < -0.3 is 5.32 Å². The van der Waals surface area contributed by atoms with Gasteiger partial charge in [0.2, 0.25) is 17.7 Å². The van der Waals surface area contributed by atoms with Crippen molar-refractivity contribution in [2.24, 2.45) is 23.7 Å². The Morgan fingerprint density at radius 2 is 1.77 bits per heavy atom. The number of nitrogens with zero attached hydrogens (tertiary/aromatic N) is 1. The lowest BCUT2D eigenvalue weighted by atomic mass is 9.63. The van der Waals surface area contributed by atoms with Crippen LogP contribution in [0.2, 0.25) is 0 Å². The molecule has 1 saturated heterocycles. The standard InChI is InChI=1S/C20H21FN2O3/c1-11-2-7-14(10-15(11)21)22-16(24)8-9-23-19(25)17-12-3-4-13(6-5-12)18(17)20(23)26/h2-4,7,10,12-13,17-18H,5-6,8-9H2,1H3,(H,22,24). The fraction of sp³-hybridized carbons (Fsp3) is 0.450. The SMILES string of the molecule is Cc1ccc(NC(=O)CCN2C(=O)C3C4C=CC(CC4)C3C2=O)cc1F. The van der Waals surface area contributed by atoms with Crippen LogP contribution in [0.5, 0.6) is 0 Å². The van der Waals surface area contributed by atoms with E-state index in [1.54, 1.807) is 19.1 Å². The zero-order valence-corrected chi connectivity index (χ0v) is 14.6. The predicted molar refractivity (Wildman–Crippen MR) is 93.4 cm³/mol. The lowest BCUT2D eigenvalue weighted by Crippen LogP contribution is -2.38. The number of anilines is 1. The molecule has 3 amide bonds. The van der Waals surface area contributed by atoms with Crippen LogP contribution >= 0.6 is 0 Å². The normalized spacial score (nSPS) is 29.2. The molecule has 0 spiro atoms. The Hall–Kier alpha value is -2.50. The van der Waals surface area contributed by atoms with Crippen molar-refractivity contribution in [3.63, 3.8) is 0 Å². The van der Waals surface area contributed by atoms with Gasteiger partial charge in [0.15, 0.2) is 0 Å². The highest BCUT2D eigenvalue weighted by molar-refractivity contribution is 6.06.